The predicted octanol–water partition coefficient (Wildman–Crippen LogP) is 3.32. The van der Waals surface area contributed by atoms with E-state index < -0.39 is 0 Å². The van der Waals surface area contributed by atoms with Crippen molar-refractivity contribution >= 4 is 16.9 Å². The summed E-state index contributed by atoms with van der Waals surface area (Å²) in [5.41, 5.74) is 2.21. The summed E-state index contributed by atoms with van der Waals surface area (Å²) in [7, 11) is 0. The molecule has 0 aliphatic heterocycles. The lowest BCUT2D eigenvalue weighted by Gasteiger charge is -2.11. The van der Waals surface area contributed by atoms with Gasteiger partial charge >= 0.3 is 0 Å². The van der Waals surface area contributed by atoms with Crippen molar-refractivity contribution in [2.45, 2.75) is 40.2 Å². The molecule has 0 aliphatic carbocycles. The number of hydrogen-bond acceptors (Lipinski definition) is 2. The van der Waals surface area contributed by atoms with E-state index in [1.807, 2.05) is 25.1 Å². The smallest absolute Gasteiger partial charge is 0.243 e. The lowest BCUT2D eigenvalue weighted by molar-refractivity contribution is -0.116. The molecule has 0 fully saturated rings. The number of nitrogens with one attached hydrogen (secondary N) is 1. The summed E-state index contributed by atoms with van der Waals surface area (Å²) >= 11 is 0. The van der Waals surface area contributed by atoms with Gasteiger partial charge in [-0.2, -0.15) is 0 Å². The number of carbonyl (C=O) groups excluding carboxylic acids is 1. The Kier molecular flexibility index (Phi) is 5.75. The van der Waals surface area contributed by atoms with E-state index in [1.54, 1.807) is 12.2 Å². The van der Waals surface area contributed by atoms with Gasteiger partial charge in [0, 0.05) is 19.5 Å². The first-order valence-electron chi connectivity index (χ1n) is 7.96. The van der Waals surface area contributed by atoms with Crippen molar-refractivity contribution < 1.29 is 4.79 Å². The first-order chi connectivity index (χ1) is 10.6. The van der Waals surface area contributed by atoms with Gasteiger partial charge in [0.25, 0.3) is 0 Å². The van der Waals surface area contributed by atoms with Crippen LogP contribution in [0.3, 0.4) is 0 Å². The van der Waals surface area contributed by atoms with Gasteiger partial charge in [-0.1, -0.05) is 32.1 Å². The monoisotopic (exact) mass is 299 g/mol. The highest BCUT2D eigenvalue weighted by Gasteiger charge is 2.10. The summed E-state index contributed by atoms with van der Waals surface area (Å²) in [5.74, 6) is 1.65. The maximum absolute atomic E-state index is 11.5. The Balaban J connectivity index is 2.13. The molecule has 2 aromatic rings. The first-order valence-corrected chi connectivity index (χ1v) is 7.96. The molecule has 22 heavy (non-hydrogen) atoms. The Morgan fingerprint density at radius 1 is 1.36 bits per heavy atom. The topological polar surface area (TPSA) is 46.9 Å². The molecule has 0 saturated heterocycles. The van der Waals surface area contributed by atoms with E-state index in [4.69, 9.17) is 4.98 Å². The van der Waals surface area contributed by atoms with Gasteiger partial charge in [0.15, 0.2) is 0 Å². The van der Waals surface area contributed by atoms with Crippen LogP contribution < -0.4 is 5.32 Å². The van der Waals surface area contributed by atoms with Crippen LogP contribution in [-0.2, 0) is 17.8 Å². The van der Waals surface area contributed by atoms with Crippen LogP contribution in [0.15, 0.2) is 36.4 Å². The molecule has 1 N–H and O–H groups in total. The quantitative estimate of drug-likeness (QED) is 0.797. The van der Waals surface area contributed by atoms with E-state index in [2.05, 4.69) is 29.8 Å². The number of benzene rings is 1. The molecule has 0 radical (unpaired) electrons. The van der Waals surface area contributed by atoms with Crippen LogP contribution in [0.4, 0.5) is 0 Å². The van der Waals surface area contributed by atoms with Gasteiger partial charge in [-0.15, -0.1) is 0 Å². The molecule has 0 saturated carbocycles. The fourth-order valence-corrected chi connectivity index (χ4v) is 2.46. The Bertz CT molecular complexity index is 655. The van der Waals surface area contributed by atoms with Crippen molar-refractivity contribution in [3.05, 3.63) is 42.2 Å². The zero-order valence-electron chi connectivity index (χ0n) is 13.7. The molecule has 0 spiro atoms. The molecule has 1 aromatic carbocycles. The molecule has 1 heterocycles. The molecule has 4 nitrogen and oxygen atoms in total. The maximum Gasteiger partial charge on any atom is 0.243 e. The van der Waals surface area contributed by atoms with Crippen LogP contribution in [0.5, 0.6) is 0 Å². The number of fused-ring (bicyclic) bond motifs is 1. The van der Waals surface area contributed by atoms with E-state index in [0.29, 0.717) is 12.5 Å². The maximum atomic E-state index is 11.5. The number of imidazole rings is 1. The average Bonchev–Trinajstić information content (AvgIpc) is 2.83. The minimum atomic E-state index is -0.0488. The standard InChI is InChI=1S/C18H25N3O/c1-4-7-18(22)19-12-10-17-20-15-8-5-6-9-16(15)21(17)13-11-14(2)3/h4-9,14H,10-13H2,1-3H3,(H,19,22)/b7-4+. The van der Waals surface area contributed by atoms with Crippen molar-refractivity contribution in [3.8, 4) is 0 Å². The van der Waals surface area contributed by atoms with Gasteiger partial charge in [0.05, 0.1) is 11.0 Å². The number of allylic oxidation sites excluding steroid dienone is 1. The zero-order chi connectivity index (χ0) is 15.9. The molecule has 118 valence electrons. The third-order valence-corrected chi connectivity index (χ3v) is 3.63. The van der Waals surface area contributed by atoms with Crippen LogP contribution in [0.1, 0.15) is 33.0 Å². The third kappa shape index (κ3) is 4.20. The Morgan fingerprint density at radius 3 is 2.86 bits per heavy atom. The molecule has 2 rings (SSSR count). The lowest BCUT2D eigenvalue weighted by atomic mass is 10.1. The second kappa shape index (κ2) is 7.78. The number of aromatic nitrogens is 2. The summed E-state index contributed by atoms with van der Waals surface area (Å²) in [6, 6.07) is 8.22. The van der Waals surface area contributed by atoms with Crippen molar-refractivity contribution in [1.29, 1.82) is 0 Å². The van der Waals surface area contributed by atoms with Crippen LogP contribution in [0, 0.1) is 5.92 Å². The normalized spacial score (nSPS) is 11.6. The molecule has 0 aliphatic rings. The number of hydrogen-bond donors (Lipinski definition) is 1. The largest absolute Gasteiger partial charge is 0.352 e. The highest BCUT2D eigenvalue weighted by atomic mass is 16.1. The van der Waals surface area contributed by atoms with Crippen LogP contribution >= 0.6 is 0 Å². The van der Waals surface area contributed by atoms with E-state index in [1.165, 1.54) is 5.52 Å². The number of nitrogens with zero attached hydrogens (tertiary/aromatic N) is 2. The summed E-state index contributed by atoms with van der Waals surface area (Å²) < 4.78 is 2.29. The van der Waals surface area contributed by atoms with Crippen LogP contribution in [-0.4, -0.2) is 22.0 Å². The Hall–Kier alpha value is -2.10. The van der Waals surface area contributed by atoms with E-state index >= 15 is 0 Å². The average molecular weight is 299 g/mol. The molecular weight excluding hydrogens is 274 g/mol. The molecule has 0 bridgehead atoms. The molecule has 0 atom stereocenters. The summed E-state index contributed by atoms with van der Waals surface area (Å²) in [6.45, 7) is 7.88. The number of carbonyl (C=O) groups is 1. The summed E-state index contributed by atoms with van der Waals surface area (Å²) in [4.78, 5) is 16.2. The molecule has 0 unspecified atom stereocenters. The van der Waals surface area contributed by atoms with Crippen LogP contribution in [0.2, 0.25) is 0 Å². The lowest BCUT2D eigenvalue weighted by Crippen LogP contribution is -2.24. The fourth-order valence-electron chi connectivity index (χ4n) is 2.46. The van der Waals surface area contributed by atoms with E-state index in [9.17, 15) is 4.79 Å². The van der Waals surface area contributed by atoms with Gasteiger partial charge in [-0.25, -0.2) is 4.98 Å². The number of amides is 1. The van der Waals surface area contributed by atoms with Gasteiger partial charge in [-0.05, 0) is 37.5 Å². The van der Waals surface area contributed by atoms with E-state index in [0.717, 1.165) is 30.7 Å². The van der Waals surface area contributed by atoms with Crippen molar-refractivity contribution in [1.82, 2.24) is 14.9 Å². The minimum Gasteiger partial charge on any atom is -0.352 e. The number of para-hydroxylation sites is 2. The van der Waals surface area contributed by atoms with Gasteiger partial charge in [0.2, 0.25) is 5.91 Å². The molecule has 4 heteroatoms. The second-order valence-corrected chi connectivity index (χ2v) is 5.89. The summed E-state index contributed by atoms with van der Waals surface area (Å²) in [6.07, 6.45) is 5.16. The molecule has 1 aromatic heterocycles. The SMILES string of the molecule is C/C=C/C(=O)NCCc1nc2ccccc2n1CCC(C)C. The summed E-state index contributed by atoms with van der Waals surface area (Å²) in [5, 5.41) is 2.89. The van der Waals surface area contributed by atoms with Gasteiger partial charge < -0.3 is 9.88 Å². The van der Waals surface area contributed by atoms with Crippen molar-refractivity contribution in [2.75, 3.05) is 6.54 Å². The third-order valence-electron chi connectivity index (χ3n) is 3.63. The zero-order valence-corrected chi connectivity index (χ0v) is 13.7. The minimum absolute atomic E-state index is 0.0488. The highest BCUT2D eigenvalue weighted by molar-refractivity contribution is 5.87. The Morgan fingerprint density at radius 2 is 2.14 bits per heavy atom. The van der Waals surface area contributed by atoms with Crippen molar-refractivity contribution in [3.63, 3.8) is 0 Å². The first kappa shape index (κ1) is 16.3. The molecular formula is C18H25N3O. The highest BCUT2D eigenvalue weighted by Crippen LogP contribution is 2.18. The van der Waals surface area contributed by atoms with E-state index in [-0.39, 0.29) is 5.91 Å². The Labute approximate surface area is 132 Å². The van der Waals surface area contributed by atoms with Gasteiger partial charge in [0.1, 0.15) is 5.82 Å². The second-order valence-electron chi connectivity index (χ2n) is 5.89. The fraction of sp³-hybridized carbons (Fsp3) is 0.444. The van der Waals surface area contributed by atoms with Crippen LogP contribution in [0.25, 0.3) is 11.0 Å². The number of aryl methyl sites for hydroxylation is 1. The van der Waals surface area contributed by atoms with Gasteiger partial charge in [-0.3, -0.25) is 4.79 Å². The predicted molar refractivity (Wildman–Crippen MR) is 90.7 cm³/mol. The van der Waals surface area contributed by atoms with Crippen molar-refractivity contribution in [2.24, 2.45) is 5.92 Å². The molecule has 1 amide bonds. The number of rotatable bonds is 7.